The van der Waals surface area contributed by atoms with Gasteiger partial charge in [-0.15, -0.1) is 0 Å². The number of nitrogens with two attached hydrogens (primary N) is 2. The molecule has 3 amide bonds. The molecule has 0 aliphatic rings. The first kappa shape index (κ1) is 14.9. The second-order valence-electron chi connectivity index (χ2n) is 3.67. The zero-order valence-electron chi connectivity index (χ0n) is 10.0. The third-order valence-corrected chi connectivity index (χ3v) is 3.01. The molecule has 0 aromatic heterocycles. The number of carbonyl (C=O) groups excluding carboxylic acids is 2. The Hall–Kier alpha value is -2.13. The second kappa shape index (κ2) is 5.67. The third kappa shape index (κ3) is 4.56. The van der Waals surface area contributed by atoms with Crippen molar-refractivity contribution < 1.29 is 22.7 Å². The molecule has 0 fully saturated rings. The standard InChI is InChI=1S/C10H13N3O5S/c1-6-4-7(19(12,16)17)2-3-8(6)18-5-9(14)13-10(11)15/h2-4H,5H2,1H3,(H2,12,16,17)(H3,11,13,14,15). The van der Waals surface area contributed by atoms with Gasteiger partial charge in [0.1, 0.15) is 5.75 Å². The number of urea groups is 1. The summed E-state index contributed by atoms with van der Waals surface area (Å²) in [7, 11) is -3.79. The summed E-state index contributed by atoms with van der Waals surface area (Å²) in [5.41, 5.74) is 5.24. The quantitative estimate of drug-likeness (QED) is 0.665. The number of primary amides is 1. The summed E-state index contributed by atoms with van der Waals surface area (Å²) in [6.07, 6.45) is 0. The van der Waals surface area contributed by atoms with E-state index in [-0.39, 0.29) is 4.90 Å². The molecule has 0 unspecified atom stereocenters. The number of carbonyl (C=O) groups is 2. The second-order valence-corrected chi connectivity index (χ2v) is 5.23. The predicted molar refractivity (Wildman–Crippen MR) is 65.8 cm³/mol. The molecule has 0 atom stereocenters. The van der Waals surface area contributed by atoms with E-state index in [0.29, 0.717) is 11.3 Å². The van der Waals surface area contributed by atoms with Gasteiger partial charge in [0.15, 0.2) is 6.61 Å². The largest absolute Gasteiger partial charge is 0.483 e. The maximum Gasteiger partial charge on any atom is 0.318 e. The average molecular weight is 287 g/mol. The highest BCUT2D eigenvalue weighted by Gasteiger charge is 2.11. The van der Waals surface area contributed by atoms with Crippen LogP contribution in [0, 0.1) is 6.92 Å². The van der Waals surface area contributed by atoms with E-state index in [4.69, 9.17) is 15.6 Å². The van der Waals surface area contributed by atoms with Crippen LogP contribution in [0.25, 0.3) is 0 Å². The van der Waals surface area contributed by atoms with E-state index in [1.165, 1.54) is 18.2 Å². The molecule has 1 rings (SSSR count). The number of ether oxygens (including phenoxy) is 1. The number of hydrogen-bond donors (Lipinski definition) is 3. The van der Waals surface area contributed by atoms with Crippen molar-refractivity contribution in [3.63, 3.8) is 0 Å². The highest BCUT2D eigenvalue weighted by Crippen LogP contribution is 2.20. The summed E-state index contributed by atoms with van der Waals surface area (Å²) in [6, 6.07) is 2.96. The van der Waals surface area contributed by atoms with Crippen LogP contribution in [-0.2, 0) is 14.8 Å². The Labute approximate surface area is 109 Å². The van der Waals surface area contributed by atoms with Crippen LogP contribution in [0.3, 0.4) is 0 Å². The van der Waals surface area contributed by atoms with Crippen molar-refractivity contribution in [2.45, 2.75) is 11.8 Å². The summed E-state index contributed by atoms with van der Waals surface area (Å²) in [5, 5.41) is 6.80. The first-order valence-corrected chi connectivity index (χ1v) is 6.60. The summed E-state index contributed by atoms with van der Waals surface area (Å²) in [6.45, 7) is 1.18. The molecule has 0 saturated heterocycles. The molecule has 1 aromatic carbocycles. The number of sulfonamides is 1. The molecule has 1 aromatic rings. The molecule has 104 valence electrons. The van der Waals surface area contributed by atoms with Gasteiger partial charge >= 0.3 is 6.03 Å². The number of nitrogens with one attached hydrogen (secondary N) is 1. The zero-order valence-corrected chi connectivity index (χ0v) is 10.9. The van der Waals surface area contributed by atoms with E-state index in [1.54, 1.807) is 6.92 Å². The maximum absolute atomic E-state index is 11.1. The molecule has 0 spiro atoms. The fraction of sp³-hybridized carbons (Fsp3) is 0.200. The van der Waals surface area contributed by atoms with Crippen molar-refractivity contribution in [2.24, 2.45) is 10.9 Å². The van der Waals surface area contributed by atoms with Gasteiger partial charge in [-0.1, -0.05) is 0 Å². The molecule has 0 radical (unpaired) electrons. The van der Waals surface area contributed by atoms with Crippen LogP contribution in [0.2, 0.25) is 0 Å². The van der Waals surface area contributed by atoms with Crippen LogP contribution in [0.4, 0.5) is 4.79 Å². The molecule has 0 aliphatic carbocycles. The van der Waals surface area contributed by atoms with Crippen LogP contribution in [0.5, 0.6) is 5.75 Å². The van der Waals surface area contributed by atoms with E-state index in [1.807, 2.05) is 5.32 Å². The molecule has 0 bridgehead atoms. The van der Waals surface area contributed by atoms with Crippen LogP contribution >= 0.6 is 0 Å². The first-order chi connectivity index (χ1) is 8.70. The average Bonchev–Trinajstić information content (AvgIpc) is 2.25. The fourth-order valence-corrected chi connectivity index (χ4v) is 1.88. The van der Waals surface area contributed by atoms with E-state index in [0.717, 1.165) is 0 Å². The van der Waals surface area contributed by atoms with Crippen LogP contribution in [0.1, 0.15) is 5.56 Å². The van der Waals surface area contributed by atoms with Gasteiger partial charge in [-0.3, -0.25) is 10.1 Å². The predicted octanol–water partition coefficient (Wildman–Crippen LogP) is -0.784. The lowest BCUT2D eigenvalue weighted by atomic mass is 10.2. The third-order valence-electron chi connectivity index (χ3n) is 2.10. The summed E-state index contributed by atoms with van der Waals surface area (Å²) < 4.78 is 27.3. The topological polar surface area (TPSA) is 142 Å². The van der Waals surface area contributed by atoms with Gasteiger partial charge in [0.2, 0.25) is 10.0 Å². The van der Waals surface area contributed by atoms with Gasteiger partial charge < -0.3 is 10.5 Å². The SMILES string of the molecule is Cc1cc(S(N)(=O)=O)ccc1OCC(=O)NC(N)=O. The highest BCUT2D eigenvalue weighted by atomic mass is 32.2. The number of imide groups is 1. The minimum absolute atomic E-state index is 0.0565. The summed E-state index contributed by atoms with van der Waals surface area (Å²) in [5.74, 6) is -0.408. The maximum atomic E-state index is 11.1. The molecule has 0 heterocycles. The highest BCUT2D eigenvalue weighted by molar-refractivity contribution is 7.89. The molecular formula is C10H13N3O5S. The number of rotatable bonds is 4. The fourth-order valence-electron chi connectivity index (χ4n) is 1.28. The Bertz CT molecular complexity index is 612. The molecule has 5 N–H and O–H groups in total. The van der Waals surface area contributed by atoms with Crippen LogP contribution in [-0.4, -0.2) is 27.0 Å². The van der Waals surface area contributed by atoms with Crippen molar-refractivity contribution in [3.05, 3.63) is 23.8 Å². The number of aryl methyl sites for hydroxylation is 1. The number of hydrogen-bond acceptors (Lipinski definition) is 5. The smallest absolute Gasteiger partial charge is 0.318 e. The summed E-state index contributed by atoms with van der Waals surface area (Å²) in [4.78, 5) is 21.5. The lowest BCUT2D eigenvalue weighted by Crippen LogP contribution is -2.38. The van der Waals surface area contributed by atoms with Gasteiger partial charge in [-0.2, -0.15) is 0 Å². The lowest BCUT2D eigenvalue weighted by Gasteiger charge is -2.09. The van der Waals surface area contributed by atoms with Gasteiger partial charge in [0.05, 0.1) is 4.90 Å². The molecule has 8 nitrogen and oxygen atoms in total. The van der Waals surface area contributed by atoms with Crippen LogP contribution < -0.4 is 20.9 Å². The van der Waals surface area contributed by atoms with Gasteiger partial charge in [-0.05, 0) is 30.7 Å². The Balaban J connectivity index is 2.76. The summed E-state index contributed by atoms with van der Waals surface area (Å²) >= 11 is 0. The molecular weight excluding hydrogens is 274 g/mol. The van der Waals surface area contributed by atoms with E-state index in [2.05, 4.69) is 0 Å². The normalized spacial score (nSPS) is 10.8. The van der Waals surface area contributed by atoms with Gasteiger partial charge in [0, 0.05) is 0 Å². The van der Waals surface area contributed by atoms with E-state index < -0.39 is 28.6 Å². The Morgan fingerprint density at radius 1 is 1.37 bits per heavy atom. The zero-order chi connectivity index (χ0) is 14.6. The molecule has 0 saturated carbocycles. The number of benzene rings is 1. The van der Waals surface area contributed by atoms with Crippen molar-refractivity contribution in [1.29, 1.82) is 0 Å². The monoisotopic (exact) mass is 287 g/mol. The van der Waals surface area contributed by atoms with Crippen molar-refractivity contribution in [2.75, 3.05) is 6.61 Å². The number of primary sulfonamides is 1. The molecule has 19 heavy (non-hydrogen) atoms. The Morgan fingerprint density at radius 2 is 2.00 bits per heavy atom. The van der Waals surface area contributed by atoms with E-state index in [9.17, 15) is 18.0 Å². The lowest BCUT2D eigenvalue weighted by molar-refractivity contribution is -0.121. The first-order valence-electron chi connectivity index (χ1n) is 5.05. The minimum Gasteiger partial charge on any atom is -0.483 e. The van der Waals surface area contributed by atoms with Crippen molar-refractivity contribution in [3.8, 4) is 5.75 Å². The van der Waals surface area contributed by atoms with Gasteiger partial charge in [0.25, 0.3) is 5.91 Å². The number of amides is 3. The van der Waals surface area contributed by atoms with Crippen molar-refractivity contribution >= 4 is 22.0 Å². The van der Waals surface area contributed by atoms with Crippen molar-refractivity contribution in [1.82, 2.24) is 5.32 Å². The minimum atomic E-state index is -3.79. The Kier molecular flexibility index (Phi) is 4.46. The molecule has 0 aliphatic heterocycles. The van der Waals surface area contributed by atoms with Gasteiger partial charge in [-0.25, -0.2) is 18.4 Å². The van der Waals surface area contributed by atoms with Crippen LogP contribution in [0.15, 0.2) is 23.1 Å². The molecule has 9 heteroatoms. The Morgan fingerprint density at radius 3 is 2.47 bits per heavy atom. The van der Waals surface area contributed by atoms with E-state index >= 15 is 0 Å².